The van der Waals surface area contributed by atoms with Crippen LogP contribution in [-0.2, 0) is 26.0 Å². The number of hydrogen-bond acceptors (Lipinski definition) is 7. The van der Waals surface area contributed by atoms with E-state index >= 15 is 0 Å². The molecular formula is C36H45F3N6O6S. The summed E-state index contributed by atoms with van der Waals surface area (Å²) in [6.45, 7) is 4.77. The molecular weight excluding hydrogens is 701 g/mol. The van der Waals surface area contributed by atoms with Crippen molar-refractivity contribution in [3.05, 3.63) is 101 Å². The molecule has 16 heteroatoms. The van der Waals surface area contributed by atoms with Gasteiger partial charge in [-0.2, -0.15) is 13.2 Å². The van der Waals surface area contributed by atoms with Gasteiger partial charge in [0.15, 0.2) is 0 Å². The van der Waals surface area contributed by atoms with Gasteiger partial charge in [0.2, 0.25) is 21.8 Å². The highest BCUT2D eigenvalue weighted by atomic mass is 32.2. The number of hydrogen-bond donors (Lipinski definition) is 5. The summed E-state index contributed by atoms with van der Waals surface area (Å²) < 4.78 is 65.3. The molecule has 12 nitrogen and oxygen atoms in total. The molecule has 5 N–H and O–H groups in total. The van der Waals surface area contributed by atoms with Crippen molar-refractivity contribution in [2.24, 2.45) is 0 Å². The van der Waals surface area contributed by atoms with Gasteiger partial charge in [-0.05, 0) is 56.5 Å². The molecule has 0 saturated carbocycles. The number of amides is 4. The Morgan fingerprint density at radius 1 is 0.808 bits per heavy atom. The number of rotatable bonds is 17. The van der Waals surface area contributed by atoms with E-state index < -0.39 is 70.4 Å². The Kier molecular flexibility index (Phi) is 14.8. The molecule has 4 amide bonds. The highest BCUT2D eigenvalue weighted by Gasteiger charge is 2.36. The minimum absolute atomic E-state index is 0.0219. The van der Waals surface area contributed by atoms with Gasteiger partial charge in [0.25, 0.3) is 11.8 Å². The number of alkyl halides is 3. The van der Waals surface area contributed by atoms with Crippen LogP contribution in [0.2, 0.25) is 0 Å². The zero-order valence-corrected chi connectivity index (χ0v) is 30.4. The predicted octanol–water partition coefficient (Wildman–Crippen LogP) is 3.47. The van der Waals surface area contributed by atoms with Crippen molar-refractivity contribution in [2.75, 3.05) is 30.7 Å². The van der Waals surface area contributed by atoms with Gasteiger partial charge < -0.3 is 26.6 Å². The molecule has 0 aliphatic carbocycles. The smallest absolute Gasteiger partial charge is 0.355 e. The minimum Gasteiger partial charge on any atom is -0.355 e. The zero-order valence-electron chi connectivity index (χ0n) is 29.6. The minimum atomic E-state index is -4.71. The van der Waals surface area contributed by atoms with Gasteiger partial charge in [-0.1, -0.05) is 60.7 Å². The van der Waals surface area contributed by atoms with E-state index in [1.165, 1.54) is 39.1 Å². The normalized spacial score (nSPS) is 13.9. The fourth-order valence-electron chi connectivity index (χ4n) is 5.14. The van der Waals surface area contributed by atoms with E-state index in [4.69, 9.17) is 0 Å². The van der Waals surface area contributed by atoms with Crippen molar-refractivity contribution in [3.63, 3.8) is 0 Å². The van der Waals surface area contributed by atoms with Gasteiger partial charge in [0, 0.05) is 37.3 Å². The van der Waals surface area contributed by atoms with Gasteiger partial charge in [0.1, 0.15) is 6.04 Å². The first-order valence-electron chi connectivity index (χ1n) is 16.6. The fourth-order valence-corrected chi connectivity index (χ4v) is 5.63. The lowest BCUT2D eigenvalue weighted by molar-refractivity contribution is -0.151. The van der Waals surface area contributed by atoms with Crippen molar-refractivity contribution in [1.29, 1.82) is 0 Å². The van der Waals surface area contributed by atoms with E-state index in [1.807, 2.05) is 48.5 Å². The van der Waals surface area contributed by atoms with Crippen LogP contribution < -0.4 is 30.9 Å². The van der Waals surface area contributed by atoms with Crippen LogP contribution in [0.3, 0.4) is 0 Å². The molecule has 0 bridgehead atoms. The SMILES string of the molecule is CCNC(=O)C(CC(F)(F)F)NC(=O)[C@H](C)NC[C@H](Cc1ccccc1)NC(=O)c1cc(C(=O)N[C@H](C)c2ccccc2)cc(N(C)S(C)(=O)=O)c1. The van der Waals surface area contributed by atoms with Crippen molar-refractivity contribution in [1.82, 2.24) is 26.6 Å². The molecule has 282 valence electrons. The summed E-state index contributed by atoms with van der Waals surface area (Å²) in [6.07, 6.45) is -5.02. The molecule has 0 aliphatic rings. The van der Waals surface area contributed by atoms with E-state index in [-0.39, 0.29) is 36.3 Å². The molecule has 0 spiro atoms. The number of anilines is 1. The Hall–Kier alpha value is -4.96. The summed E-state index contributed by atoms with van der Waals surface area (Å²) in [5, 5.41) is 13.1. The van der Waals surface area contributed by atoms with Crippen LogP contribution in [0.1, 0.15) is 65.1 Å². The predicted molar refractivity (Wildman–Crippen MR) is 192 cm³/mol. The average Bonchev–Trinajstić information content (AvgIpc) is 3.09. The van der Waals surface area contributed by atoms with E-state index in [1.54, 1.807) is 19.1 Å². The van der Waals surface area contributed by atoms with Crippen LogP contribution in [0.5, 0.6) is 0 Å². The number of carbonyl (C=O) groups excluding carboxylic acids is 4. The molecule has 0 aromatic heterocycles. The Morgan fingerprint density at radius 2 is 1.37 bits per heavy atom. The molecule has 52 heavy (non-hydrogen) atoms. The Bertz CT molecular complexity index is 1790. The quantitative estimate of drug-likeness (QED) is 0.141. The van der Waals surface area contributed by atoms with Crippen LogP contribution in [0.4, 0.5) is 18.9 Å². The fraction of sp³-hybridized carbons (Fsp3) is 0.389. The zero-order chi connectivity index (χ0) is 38.6. The standard InChI is InChI=1S/C36H45F3N6O6S/c1-6-40-35(49)31(21-36(37,38)39)44-32(46)24(3)41-22-29(17-25-13-9-7-10-14-25)43-34(48)28-18-27(19-30(20-28)45(4)52(5,50)51)33(47)42-23(2)26-15-11-8-12-16-26/h7-16,18-20,23-24,29,31,41H,6,17,21-22H2,1-5H3,(H,40,49)(H,42,47)(H,43,48)(H,44,46)/t23-,24+,29+,31?/m1/s1. The number of halogens is 3. The van der Waals surface area contributed by atoms with E-state index in [2.05, 4.69) is 26.6 Å². The lowest BCUT2D eigenvalue weighted by Gasteiger charge is -2.25. The summed E-state index contributed by atoms with van der Waals surface area (Å²) in [4.78, 5) is 52.4. The van der Waals surface area contributed by atoms with Crippen molar-refractivity contribution in [2.45, 2.75) is 64.0 Å². The van der Waals surface area contributed by atoms with Gasteiger partial charge in [-0.25, -0.2) is 8.42 Å². The maximum Gasteiger partial charge on any atom is 0.391 e. The molecule has 0 saturated heterocycles. The van der Waals surface area contributed by atoms with E-state index in [0.717, 1.165) is 21.7 Å². The number of nitrogens with one attached hydrogen (secondary N) is 5. The number of sulfonamides is 1. The maximum atomic E-state index is 13.8. The number of likely N-dealkylation sites (N-methyl/N-ethyl adjacent to an activating group) is 1. The van der Waals surface area contributed by atoms with Crippen molar-refractivity contribution >= 4 is 39.3 Å². The van der Waals surface area contributed by atoms with Gasteiger partial charge in [0.05, 0.1) is 30.4 Å². The van der Waals surface area contributed by atoms with Crippen LogP contribution in [0.25, 0.3) is 0 Å². The second-order valence-electron chi connectivity index (χ2n) is 12.4. The Balaban J connectivity index is 1.86. The molecule has 4 atom stereocenters. The van der Waals surface area contributed by atoms with Crippen molar-refractivity contribution < 1.29 is 40.8 Å². The van der Waals surface area contributed by atoms with Gasteiger partial charge >= 0.3 is 6.18 Å². The highest BCUT2D eigenvalue weighted by Crippen LogP contribution is 2.23. The highest BCUT2D eigenvalue weighted by molar-refractivity contribution is 7.92. The van der Waals surface area contributed by atoms with E-state index in [0.29, 0.717) is 0 Å². The molecule has 3 aromatic carbocycles. The molecule has 3 rings (SSSR count). The lowest BCUT2D eigenvalue weighted by Crippen LogP contribution is -2.55. The van der Waals surface area contributed by atoms with Crippen molar-refractivity contribution in [3.8, 4) is 0 Å². The topological polar surface area (TPSA) is 166 Å². The lowest BCUT2D eigenvalue weighted by atomic mass is 10.0. The van der Waals surface area contributed by atoms with Crippen LogP contribution in [0.15, 0.2) is 78.9 Å². The van der Waals surface area contributed by atoms with Gasteiger partial charge in [-0.3, -0.25) is 23.5 Å². The molecule has 1 unspecified atom stereocenters. The average molecular weight is 747 g/mol. The second kappa shape index (κ2) is 18.5. The van der Waals surface area contributed by atoms with Gasteiger partial charge in [-0.15, -0.1) is 0 Å². The van der Waals surface area contributed by atoms with Crippen LogP contribution in [-0.4, -0.2) is 82.7 Å². The van der Waals surface area contributed by atoms with Crippen LogP contribution in [0, 0.1) is 0 Å². The molecule has 0 radical (unpaired) electrons. The summed E-state index contributed by atoms with van der Waals surface area (Å²) in [5.41, 5.74) is 1.72. The van der Waals surface area contributed by atoms with Crippen LogP contribution >= 0.6 is 0 Å². The summed E-state index contributed by atoms with van der Waals surface area (Å²) in [6, 6.07) is 18.2. The third-order valence-electron chi connectivity index (χ3n) is 8.09. The first-order chi connectivity index (χ1) is 24.4. The number of benzene rings is 3. The molecule has 0 aliphatic heterocycles. The second-order valence-corrected chi connectivity index (χ2v) is 14.4. The number of nitrogens with zero attached hydrogens (tertiary/aromatic N) is 1. The largest absolute Gasteiger partial charge is 0.391 e. The summed E-state index contributed by atoms with van der Waals surface area (Å²) >= 11 is 0. The summed E-state index contributed by atoms with van der Waals surface area (Å²) in [5.74, 6) is -3.04. The molecule has 3 aromatic rings. The maximum absolute atomic E-state index is 13.8. The third-order valence-corrected chi connectivity index (χ3v) is 9.30. The number of carbonyl (C=O) groups is 4. The molecule has 0 heterocycles. The Morgan fingerprint density at radius 3 is 1.90 bits per heavy atom. The molecule has 0 fully saturated rings. The first kappa shape index (κ1) is 41.5. The first-order valence-corrected chi connectivity index (χ1v) is 18.4. The Labute approximate surface area is 302 Å². The summed E-state index contributed by atoms with van der Waals surface area (Å²) in [7, 11) is -2.50. The van der Waals surface area contributed by atoms with E-state index in [9.17, 15) is 40.8 Å². The third kappa shape index (κ3) is 13.0. The monoisotopic (exact) mass is 746 g/mol.